The van der Waals surface area contributed by atoms with Crippen molar-refractivity contribution in [3.05, 3.63) is 65.7 Å². The van der Waals surface area contributed by atoms with Crippen LogP contribution in [0.2, 0.25) is 0 Å². The lowest BCUT2D eigenvalue weighted by molar-refractivity contribution is -0.121. The number of rotatable bonds is 7. The Morgan fingerprint density at radius 1 is 0.920 bits per heavy atom. The number of phenolic OH excluding ortho intramolecular Hbond substituents is 2. The first-order chi connectivity index (χ1) is 12.0. The molecule has 0 heterocycles. The molecule has 5 heteroatoms. The molecule has 128 valence electrons. The van der Waals surface area contributed by atoms with Crippen LogP contribution in [0.15, 0.2) is 54.6 Å². The maximum atomic E-state index is 11.9. The normalized spacial score (nSPS) is 11.1. The predicted molar refractivity (Wildman–Crippen MR) is 95.5 cm³/mol. The molecule has 0 bridgehead atoms. The molecular weight excluding hydrogens is 320 g/mol. The number of allylic oxidation sites excluding steroid dienone is 2. The summed E-state index contributed by atoms with van der Waals surface area (Å²) in [4.78, 5) is 23.7. The molecule has 2 aromatic rings. The van der Waals surface area contributed by atoms with Gasteiger partial charge in [0.25, 0.3) is 0 Å². The molecular formula is C20H18O5. The summed E-state index contributed by atoms with van der Waals surface area (Å²) < 4.78 is 5.12. The fourth-order valence-corrected chi connectivity index (χ4v) is 2.08. The van der Waals surface area contributed by atoms with Crippen LogP contribution in [0.25, 0.3) is 12.2 Å². The number of hydrogen-bond donors (Lipinski definition) is 2. The molecule has 0 saturated heterocycles. The number of methoxy groups -OCH3 is 1. The lowest BCUT2D eigenvalue weighted by Crippen LogP contribution is -2.02. The molecule has 5 nitrogen and oxygen atoms in total. The maximum Gasteiger partial charge on any atom is 0.163 e. The van der Waals surface area contributed by atoms with E-state index in [0.717, 1.165) is 5.56 Å². The smallest absolute Gasteiger partial charge is 0.163 e. The Bertz CT molecular complexity index is 816. The van der Waals surface area contributed by atoms with Gasteiger partial charge < -0.3 is 14.9 Å². The van der Waals surface area contributed by atoms with E-state index < -0.39 is 0 Å². The minimum absolute atomic E-state index is 0.0647. The van der Waals surface area contributed by atoms with Crippen LogP contribution in [0.1, 0.15) is 17.5 Å². The molecule has 0 aliphatic rings. The van der Waals surface area contributed by atoms with Crippen molar-refractivity contribution in [3.8, 4) is 17.2 Å². The van der Waals surface area contributed by atoms with Gasteiger partial charge in [0.1, 0.15) is 17.2 Å². The highest BCUT2D eigenvalue weighted by atomic mass is 16.5. The average Bonchev–Trinajstić information content (AvgIpc) is 2.60. The second-order valence-electron chi connectivity index (χ2n) is 5.29. The van der Waals surface area contributed by atoms with E-state index in [9.17, 15) is 19.8 Å². The van der Waals surface area contributed by atoms with Gasteiger partial charge in [-0.25, -0.2) is 0 Å². The quantitative estimate of drug-likeness (QED) is 0.597. The first kappa shape index (κ1) is 18.0. The molecule has 0 amide bonds. The first-order valence-electron chi connectivity index (χ1n) is 7.56. The molecule has 0 aliphatic carbocycles. The summed E-state index contributed by atoms with van der Waals surface area (Å²) in [5.41, 5.74) is 1.38. The zero-order valence-corrected chi connectivity index (χ0v) is 13.7. The van der Waals surface area contributed by atoms with Gasteiger partial charge in [0.2, 0.25) is 0 Å². The van der Waals surface area contributed by atoms with Crippen molar-refractivity contribution in [1.82, 2.24) is 0 Å². The Labute approximate surface area is 145 Å². The molecule has 0 spiro atoms. The highest BCUT2D eigenvalue weighted by molar-refractivity contribution is 6.10. The number of phenols is 2. The first-order valence-corrected chi connectivity index (χ1v) is 7.56. The van der Waals surface area contributed by atoms with Crippen molar-refractivity contribution in [2.75, 3.05) is 7.11 Å². The molecule has 2 N–H and O–H groups in total. The van der Waals surface area contributed by atoms with Crippen molar-refractivity contribution in [3.63, 3.8) is 0 Å². The fraction of sp³-hybridized carbons (Fsp3) is 0.100. The van der Waals surface area contributed by atoms with Gasteiger partial charge in [0, 0.05) is 11.6 Å². The maximum absolute atomic E-state index is 11.9. The van der Waals surface area contributed by atoms with Gasteiger partial charge >= 0.3 is 0 Å². The van der Waals surface area contributed by atoms with Gasteiger partial charge in [0.05, 0.1) is 13.5 Å². The topological polar surface area (TPSA) is 83.8 Å². The standard InChI is InChI=1S/C20H18O5/c1-25-20-13-19(24)11-6-15(20)5-10-18(23)12-17(22)9-4-14-2-7-16(21)8-3-14/h2-11,13,21,24H,12H2,1H3. The highest BCUT2D eigenvalue weighted by Crippen LogP contribution is 2.24. The minimum atomic E-state index is -0.338. The number of benzene rings is 2. The number of carbonyl (C=O) groups excluding carboxylic acids is 2. The predicted octanol–water partition coefficient (Wildman–Crippen LogP) is 3.36. The Kier molecular flexibility index (Phi) is 6.12. The molecule has 2 rings (SSSR count). The summed E-state index contributed by atoms with van der Waals surface area (Å²) in [7, 11) is 1.46. The lowest BCUT2D eigenvalue weighted by atomic mass is 10.1. The van der Waals surface area contributed by atoms with Crippen molar-refractivity contribution in [2.45, 2.75) is 6.42 Å². The molecule has 0 atom stereocenters. The van der Waals surface area contributed by atoms with Crippen LogP contribution in [0.4, 0.5) is 0 Å². The van der Waals surface area contributed by atoms with E-state index in [1.54, 1.807) is 24.3 Å². The molecule has 2 aromatic carbocycles. The fourth-order valence-electron chi connectivity index (χ4n) is 2.08. The molecule has 25 heavy (non-hydrogen) atoms. The summed E-state index contributed by atoms with van der Waals surface area (Å²) in [5, 5.41) is 18.6. The third-order valence-corrected chi connectivity index (χ3v) is 3.37. The molecule has 0 saturated carbocycles. The minimum Gasteiger partial charge on any atom is -0.508 e. The molecule has 0 fully saturated rings. The summed E-state index contributed by atoms with van der Waals surface area (Å²) in [6, 6.07) is 10.9. The Balaban J connectivity index is 1.95. The van der Waals surface area contributed by atoms with Crippen molar-refractivity contribution in [1.29, 1.82) is 0 Å². The summed E-state index contributed by atoms with van der Waals surface area (Å²) >= 11 is 0. The zero-order valence-electron chi connectivity index (χ0n) is 13.7. The lowest BCUT2D eigenvalue weighted by Gasteiger charge is -2.04. The van der Waals surface area contributed by atoms with Gasteiger partial charge in [-0.1, -0.05) is 18.2 Å². The number of ether oxygens (including phenoxy) is 1. The van der Waals surface area contributed by atoms with Crippen molar-refractivity contribution < 1.29 is 24.5 Å². The SMILES string of the molecule is COc1cc(O)ccc1C=CC(=O)CC(=O)C=Cc1ccc(O)cc1. The van der Waals surface area contributed by atoms with Gasteiger partial charge in [-0.05, 0) is 48.1 Å². The van der Waals surface area contributed by atoms with E-state index in [4.69, 9.17) is 4.74 Å². The summed E-state index contributed by atoms with van der Waals surface area (Å²) in [6.07, 6.45) is 5.52. The van der Waals surface area contributed by atoms with Crippen molar-refractivity contribution in [2.24, 2.45) is 0 Å². The number of hydrogen-bond acceptors (Lipinski definition) is 5. The van der Waals surface area contributed by atoms with E-state index in [1.165, 1.54) is 49.6 Å². The van der Waals surface area contributed by atoms with Crippen LogP contribution < -0.4 is 4.74 Å². The Morgan fingerprint density at radius 2 is 1.52 bits per heavy atom. The largest absolute Gasteiger partial charge is 0.508 e. The third-order valence-electron chi connectivity index (χ3n) is 3.37. The van der Waals surface area contributed by atoms with E-state index in [2.05, 4.69) is 0 Å². The van der Waals surface area contributed by atoms with Crippen LogP contribution in [0.3, 0.4) is 0 Å². The second kappa shape index (κ2) is 8.49. The Morgan fingerprint density at radius 3 is 2.16 bits per heavy atom. The van der Waals surface area contributed by atoms with E-state index in [0.29, 0.717) is 11.3 Å². The third kappa shape index (κ3) is 5.66. The Hall–Kier alpha value is -3.34. The van der Waals surface area contributed by atoms with Gasteiger partial charge in [-0.2, -0.15) is 0 Å². The molecule has 0 aromatic heterocycles. The van der Waals surface area contributed by atoms with Gasteiger partial charge in [-0.3, -0.25) is 9.59 Å². The number of ketones is 2. The number of aromatic hydroxyl groups is 2. The van der Waals surface area contributed by atoms with Crippen LogP contribution in [0, 0.1) is 0 Å². The van der Waals surface area contributed by atoms with E-state index in [1.807, 2.05) is 0 Å². The van der Waals surface area contributed by atoms with Gasteiger partial charge in [-0.15, -0.1) is 0 Å². The monoisotopic (exact) mass is 338 g/mol. The van der Waals surface area contributed by atoms with E-state index >= 15 is 0 Å². The summed E-state index contributed by atoms with van der Waals surface area (Å²) in [5.74, 6) is -0.0122. The summed E-state index contributed by atoms with van der Waals surface area (Å²) in [6.45, 7) is 0. The second-order valence-corrected chi connectivity index (χ2v) is 5.29. The van der Waals surface area contributed by atoms with Crippen molar-refractivity contribution >= 4 is 23.7 Å². The van der Waals surface area contributed by atoms with E-state index in [-0.39, 0.29) is 29.5 Å². The average molecular weight is 338 g/mol. The zero-order chi connectivity index (χ0) is 18.2. The van der Waals surface area contributed by atoms with Gasteiger partial charge in [0.15, 0.2) is 11.6 Å². The van der Waals surface area contributed by atoms with Crippen LogP contribution in [-0.4, -0.2) is 28.9 Å². The molecule has 0 unspecified atom stereocenters. The molecule has 0 radical (unpaired) electrons. The highest BCUT2D eigenvalue weighted by Gasteiger charge is 2.05. The van der Waals surface area contributed by atoms with Crippen LogP contribution in [0.5, 0.6) is 17.2 Å². The van der Waals surface area contributed by atoms with Crippen LogP contribution >= 0.6 is 0 Å². The number of carbonyl (C=O) groups is 2. The van der Waals surface area contributed by atoms with Crippen LogP contribution in [-0.2, 0) is 9.59 Å². The molecule has 0 aliphatic heterocycles.